The first-order valence-electron chi connectivity index (χ1n) is 28.5. The second-order valence-corrected chi connectivity index (χ2v) is 26.6. The summed E-state index contributed by atoms with van der Waals surface area (Å²) < 4.78 is 16.2. The largest absolute Gasteiger partial charge is 0.381 e. The van der Waals surface area contributed by atoms with E-state index in [1.807, 2.05) is 45.9 Å². The van der Waals surface area contributed by atoms with Crippen LogP contribution in [-0.2, 0) is 43.0 Å². The molecule has 6 unspecified atom stereocenters. The van der Waals surface area contributed by atoms with Gasteiger partial charge in [0.1, 0.15) is 34.3 Å². The number of hydrogen-bond acceptors (Lipinski definition) is 14. The second kappa shape index (κ2) is 25.6. The van der Waals surface area contributed by atoms with E-state index in [4.69, 9.17) is 14.2 Å². The Morgan fingerprint density at radius 1 is 0.537 bits per heavy atom. The Kier molecular flexibility index (Phi) is 18.4. The second-order valence-electron chi connectivity index (χ2n) is 22.9. The molecule has 3 aliphatic heterocycles. The van der Waals surface area contributed by atoms with Gasteiger partial charge in [-0.05, 0) is 156 Å². The lowest BCUT2D eigenvalue weighted by Gasteiger charge is -2.23. The minimum Gasteiger partial charge on any atom is -0.381 e. The Morgan fingerprint density at radius 3 is 1.55 bits per heavy atom. The summed E-state index contributed by atoms with van der Waals surface area (Å²) in [7, 11) is 0. The molecule has 6 aromatic rings. The average Bonchev–Trinajstić information content (AvgIpc) is 4.37. The average molecular weight is 1130 g/mol. The number of allylic oxidation sites excluding steroid dienone is 2. The van der Waals surface area contributed by atoms with E-state index >= 15 is 0 Å². The van der Waals surface area contributed by atoms with Crippen molar-refractivity contribution < 1.29 is 43.0 Å². The van der Waals surface area contributed by atoms with Crippen molar-refractivity contribution >= 4 is 68.7 Å². The zero-order valence-corrected chi connectivity index (χ0v) is 49.3. The number of ketones is 6. The summed E-state index contributed by atoms with van der Waals surface area (Å²) >= 11 is 4.84. The fourth-order valence-corrected chi connectivity index (χ4v) is 15.3. The minimum atomic E-state index is -0.758. The molecule has 0 spiro atoms. The molecule has 0 N–H and O–H groups in total. The predicted molar refractivity (Wildman–Crippen MR) is 316 cm³/mol. The maximum absolute atomic E-state index is 13.1. The summed E-state index contributed by atoms with van der Waals surface area (Å²) in [6.07, 6.45) is 11.3. The molecule has 3 aliphatic carbocycles. The van der Waals surface area contributed by atoms with Crippen LogP contribution < -0.4 is 0 Å². The smallest absolute Gasteiger partial charge is 0.175 e. The van der Waals surface area contributed by atoms with Crippen LogP contribution in [-0.4, -0.2) is 84.3 Å². The topological polar surface area (TPSA) is 156 Å². The maximum Gasteiger partial charge on any atom is 0.175 e. The van der Waals surface area contributed by atoms with Gasteiger partial charge in [0, 0.05) is 101 Å². The number of ether oxygens (including phenoxy) is 3. The van der Waals surface area contributed by atoms with Gasteiger partial charge >= 0.3 is 0 Å². The highest BCUT2D eigenvalue weighted by molar-refractivity contribution is 7.16. The lowest BCUT2D eigenvalue weighted by atomic mass is 9.86. The molecule has 6 atom stereocenters. The summed E-state index contributed by atoms with van der Waals surface area (Å²) in [6.45, 7) is 16.6. The lowest BCUT2D eigenvalue weighted by Crippen LogP contribution is -2.21. The quantitative estimate of drug-likeness (QED) is 0.0899. The van der Waals surface area contributed by atoms with Crippen LogP contribution in [0, 0.1) is 71.1 Å². The van der Waals surface area contributed by atoms with E-state index in [1.54, 1.807) is 28.9 Å². The molecule has 0 bridgehead atoms. The SMILES string of the molecule is Cc1ccc(-c2cc(C3C(=O)CC(CC4CCOC4)C3=O)c(C)s2)cc1.Cc1ccc(-c2cc(C3C(=O)CC(CC4CCOCC4)C3=O)c(C)s2)cc1.Cc1ccc(-c2nc(C3C(=O)C/C(=C\C4CCOCC4)C3=O)c(C)s2)nc1. The van der Waals surface area contributed by atoms with Gasteiger partial charge in [0.2, 0.25) is 0 Å². The molecule has 80 heavy (non-hydrogen) atoms. The van der Waals surface area contributed by atoms with E-state index in [0.717, 1.165) is 147 Å². The summed E-state index contributed by atoms with van der Waals surface area (Å²) in [6, 6.07) is 24.8. The van der Waals surface area contributed by atoms with Crippen LogP contribution in [0.15, 0.2) is 90.6 Å². The molecule has 6 aliphatic rings. The predicted octanol–water partition coefficient (Wildman–Crippen LogP) is 13.6. The molecule has 14 heteroatoms. The van der Waals surface area contributed by atoms with E-state index in [-0.39, 0.29) is 53.0 Å². The van der Waals surface area contributed by atoms with Crippen molar-refractivity contribution in [2.75, 3.05) is 39.6 Å². The van der Waals surface area contributed by atoms with Crippen LogP contribution in [0.1, 0.15) is 130 Å². The van der Waals surface area contributed by atoms with Crippen molar-refractivity contribution in [3.8, 4) is 31.6 Å². The summed E-state index contributed by atoms with van der Waals surface area (Å²) in [5.41, 5.74) is 9.70. The summed E-state index contributed by atoms with van der Waals surface area (Å²) in [5, 5.41) is 0.755. The highest BCUT2D eigenvalue weighted by Gasteiger charge is 2.46. The number of rotatable bonds is 11. The fourth-order valence-electron chi connectivity index (χ4n) is 12.3. The summed E-state index contributed by atoms with van der Waals surface area (Å²) in [4.78, 5) is 91.5. The Labute approximate surface area is 482 Å². The van der Waals surface area contributed by atoms with Crippen LogP contribution in [0.3, 0.4) is 0 Å². The molecule has 3 saturated carbocycles. The van der Waals surface area contributed by atoms with Crippen LogP contribution >= 0.6 is 34.0 Å². The third-order valence-electron chi connectivity index (χ3n) is 16.9. The summed E-state index contributed by atoms with van der Waals surface area (Å²) in [5.74, 6) is -0.479. The standard InChI is InChI=1S/C23H26O3S.C22H24O3S.C21H22N2O3S/c1-14-3-5-17(6-4-14)21-13-19(15(2)27-21)22-20(24)12-18(23(22)25)11-16-7-9-26-10-8-16;1-13-3-5-16(6-4-13)20-11-18(14(2)26-20)21-19(23)10-17(22(21)24)9-15-7-8-25-12-15;1-12-3-4-16(22-11-12)21-23-19(13(2)27-21)18-17(24)10-15(20(18)25)9-14-5-7-26-8-6-14/h3-6,13,16,18,22H,7-12H2,1-2H3;3-6,11,15,17,21H,7-10,12H2,1-2H3;3-4,9,11,14,18H,5-8,10H2,1-2H3/b;;15-9+. The molecule has 12 rings (SSSR count). The first kappa shape index (κ1) is 57.5. The van der Waals surface area contributed by atoms with Gasteiger partial charge in [0.25, 0.3) is 0 Å². The first-order valence-corrected chi connectivity index (χ1v) is 30.9. The number of benzene rings is 2. The monoisotopic (exact) mass is 1130 g/mol. The van der Waals surface area contributed by atoms with Crippen molar-refractivity contribution in [1.82, 2.24) is 9.97 Å². The van der Waals surface area contributed by atoms with Gasteiger partial charge in [-0.3, -0.25) is 33.8 Å². The molecule has 0 radical (unpaired) electrons. The van der Waals surface area contributed by atoms with Gasteiger partial charge in [-0.25, -0.2) is 4.98 Å². The van der Waals surface area contributed by atoms with Crippen LogP contribution in [0.4, 0.5) is 0 Å². The molecule has 7 heterocycles. The molecule has 3 saturated heterocycles. The van der Waals surface area contributed by atoms with Crippen molar-refractivity contribution in [1.29, 1.82) is 0 Å². The van der Waals surface area contributed by atoms with E-state index in [9.17, 15) is 28.8 Å². The number of thiophene rings is 2. The van der Waals surface area contributed by atoms with Crippen LogP contribution in [0.2, 0.25) is 0 Å². The zero-order chi connectivity index (χ0) is 56.2. The van der Waals surface area contributed by atoms with Crippen LogP contribution in [0.5, 0.6) is 0 Å². The Hall–Kier alpha value is -5.74. The molecule has 11 nitrogen and oxygen atoms in total. The van der Waals surface area contributed by atoms with E-state index in [2.05, 4.69) is 84.5 Å². The van der Waals surface area contributed by atoms with Crippen molar-refractivity contribution in [3.63, 3.8) is 0 Å². The van der Waals surface area contributed by atoms with Crippen molar-refractivity contribution in [3.05, 3.63) is 139 Å². The number of thiazole rings is 1. The van der Waals surface area contributed by atoms with Gasteiger partial charge in [-0.1, -0.05) is 71.8 Å². The first-order chi connectivity index (χ1) is 38.6. The third-order valence-corrected chi connectivity index (χ3v) is 20.2. The van der Waals surface area contributed by atoms with E-state index < -0.39 is 17.8 Å². The minimum absolute atomic E-state index is 0.0462. The number of pyridine rings is 1. The van der Waals surface area contributed by atoms with Gasteiger partial charge in [-0.2, -0.15) is 0 Å². The van der Waals surface area contributed by atoms with Gasteiger partial charge in [0.05, 0.1) is 11.4 Å². The van der Waals surface area contributed by atoms with Gasteiger partial charge in [0.15, 0.2) is 23.1 Å². The molecule has 6 fully saturated rings. The number of hydrogen-bond donors (Lipinski definition) is 0. The molecule has 418 valence electrons. The molecule has 0 amide bonds. The maximum atomic E-state index is 13.1. The Balaban J connectivity index is 0.000000135. The fraction of sp³-hybridized carbons (Fsp3) is 0.455. The molecule has 4 aromatic heterocycles. The number of Topliss-reactive ketones (excluding diaryl/α,β-unsaturated/α-hetero) is 6. The van der Waals surface area contributed by atoms with E-state index in [0.29, 0.717) is 41.9 Å². The molecular formula is C66H72N2O9S3. The zero-order valence-electron chi connectivity index (χ0n) is 46.8. The Bertz CT molecular complexity index is 3270. The molecule has 2 aromatic carbocycles. The normalized spacial score (nSPS) is 24.2. The van der Waals surface area contributed by atoms with Crippen LogP contribution in [0.25, 0.3) is 31.6 Å². The molecular weight excluding hydrogens is 1060 g/mol. The number of aromatic nitrogens is 2. The third kappa shape index (κ3) is 13.1. The number of aryl methyl sites for hydroxylation is 6. The number of nitrogens with zero attached hydrogens (tertiary/aromatic N) is 2. The number of carbonyl (C=O) groups excluding carboxylic acids is 6. The highest BCUT2D eigenvalue weighted by atomic mass is 32.1. The Morgan fingerprint density at radius 2 is 1.04 bits per heavy atom. The van der Waals surface area contributed by atoms with Gasteiger partial charge in [-0.15, -0.1) is 34.0 Å². The van der Waals surface area contributed by atoms with Crippen molar-refractivity contribution in [2.24, 2.45) is 29.6 Å². The van der Waals surface area contributed by atoms with Crippen molar-refractivity contribution in [2.45, 2.75) is 124 Å². The van der Waals surface area contributed by atoms with Gasteiger partial charge < -0.3 is 14.2 Å². The van der Waals surface area contributed by atoms with E-state index in [1.165, 1.54) is 22.5 Å². The number of carbonyl (C=O) groups is 6. The highest BCUT2D eigenvalue weighted by Crippen LogP contribution is 2.45. The lowest BCUT2D eigenvalue weighted by molar-refractivity contribution is -0.126.